The largest absolute Gasteiger partial charge is 0.508 e. The van der Waals surface area contributed by atoms with E-state index in [1.165, 1.54) is 0 Å². The van der Waals surface area contributed by atoms with Crippen LogP contribution in [0.1, 0.15) is 5.56 Å². The predicted octanol–water partition coefficient (Wildman–Crippen LogP) is 2.02. The van der Waals surface area contributed by atoms with Gasteiger partial charge in [-0.15, -0.1) is 0 Å². The molecular formula is C14H16N2O2. The number of rotatable bonds is 3. The number of hydrogen-bond donors (Lipinski definition) is 3. The molecule has 0 radical (unpaired) electrons. The number of amides is 2. The summed E-state index contributed by atoms with van der Waals surface area (Å²) >= 11 is 0. The zero-order valence-corrected chi connectivity index (χ0v) is 10.2. The van der Waals surface area contributed by atoms with Crippen LogP contribution in [0.3, 0.4) is 0 Å². The Morgan fingerprint density at radius 3 is 2.89 bits per heavy atom. The molecule has 18 heavy (non-hydrogen) atoms. The van der Waals surface area contributed by atoms with E-state index in [-0.39, 0.29) is 11.8 Å². The van der Waals surface area contributed by atoms with Gasteiger partial charge in [-0.3, -0.25) is 0 Å². The number of phenolic OH excluding ortho intramolecular Hbond substituents is 1. The van der Waals surface area contributed by atoms with Crippen LogP contribution in [0.25, 0.3) is 10.8 Å². The number of aromatic hydroxyl groups is 1. The van der Waals surface area contributed by atoms with Crippen LogP contribution < -0.4 is 10.6 Å². The Bertz CT molecular complexity index is 567. The van der Waals surface area contributed by atoms with Gasteiger partial charge in [0, 0.05) is 13.6 Å². The molecule has 0 spiro atoms. The number of fused-ring (bicyclic) bond motifs is 1. The molecule has 0 aliphatic rings. The van der Waals surface area contributed by atoms with Gasteiger partial charge in [-0.1, -0.05) is 24.3 Å². The average molecular weight is 244 g/mol. The lowest BCUT2D eigenvalue weighted by Crippen LogP contribution is -2.34. The first kappa shape index (κ1) is 12.2. The van der Waals surface area contributed by atoms with Crippen molar-refractivity contribution in [3.63, 3.8) is 0 Å². The van der Waals surface area contributed by atoms with Crippen LogP contribution in [-0.2, 0) is 6.42 Å². The molecule has 0 atom stereocenters. The second-order valence-electron chi connectivity index (χ2n) is 4.08. The quantitative estimate of drug-likeness (QED) is 0.773. The van der Waals surface area contributed by atoms with Gasteiger partial charge in [0.05, 0.1) is 0 Å². The van der Waals surface area contributed by atoms with E-state index in [9.17, 15) is 9.90 Å². The molecule has 94 valence electrons. The summed E-state index contributed by atoms with van der Waals surface area (Å²) in [5.74, 6) is 0.259. The number of benzene rings is 2. The van der Waals surface area contributed by atoms with Gasteiger partial charge in [-0.25, -0.2) is 4.79 Å². The minimum absolute atomic E-state index is 0.182. The number of urea groups is 1. The van der Waals surface area contributed by atoms with Crippen LogP contribution in [0, 0.1) is 0 Å². The van der Waals surface area contributed by atoms with Gasteiger partial charge >= 0.3 is 6.03 Å². The van der Waals surface area contributed by atoms with Crippen molar-refractivity contribution in [3.8, 4) is 5.75 Å². The third kappa shape index (κ3) is 2.71. The molecule has 0 bridgehead atoms. The van der Waals surface area contributed by atoms with E-state index >= 15 is 0 Å². The van der Waals surface area contributed by atoms with Crippen LogP contribution in [0.2, 0.25) is 0 Å². The summed E-state index contributed by atoms with van der Waals surface area (Å²) in [6.07, 6.45) is 0.730. The maximum atomic E-state index is 11.1. The van der Waals surface area contributed by atoms with Crippen LogP contribution in [0.5, 0.6) is 5.75 Å². The fraction of sp³-hybridized carbons (Fsp3) is 0.214. The molecule has 2 aromatic rings. The van der Waals surface area contributed by atoms with E-state index < -0.39 is 0 Å². The molecule has 0 saturated carbocycles. The third-order valence-corrected chi connectivity index (χ3v) is 2.86. The van der Waals surface area contributed by atoms with E-state index in [1.807, 2.05) is 24.3 Å². The zero-order chi connectivity index (χ0) is 13.0. The van der Waals surface area contributed by atoms with E-state index in [0.717, 1.165) is 22.8 Å². The summed E-state index contributed by atoms with van der Waals surface area (Å²) in [6.45, 7) is 0.564. The predicted molar refractivity (Wildman–Crippen MR) is 71.8 cm³/mol. The summed E-state index contributed by atoms with van der Waals surface area (Å²) in [7, 11) is 1.59. The SMILES string of the molecule is CNC(=O)NCCc1cccc2ccc(O)cc12. The van der Waals surface area contributed by atoms with Gasteiger partial charge < -0.3 is 15.7 Å². The van der Waals surface area contributed by atoms with Crippen LogP contribution >= 0.6 is 0 Å². The molecule has 0 fully saturated rings. The highest BCUT2D eigenvalue weighted by Gasteiger charge is 2.03. The number of carbonyl (C=O) groups excluding carboxylic acids is 1. The standard InChI is InChI=1S/C14H16N2O2/c1-15-14(18)16-8-7-11-4-2-3-10-5-6-12(17)9-13(10)11/h2-6,9,17H,7-8H2,1H3,(H2,15,16,18). The average Bonchev–Trinajstić information content (AvgIpc) is 2.39. The number of phenols is 1. The summed E-state index contributed by atoms with van der Waals surface area (Å²) in [5, 5.41) is 16.9. The van der Waals surface area contributed by atoms with Crippen molar-refractivity contribution in [3.05, 3.63) is 42.0 Å². The fourth-order valence-corrected chi connectivity index (χ4v) is 1.94. The molecule has 0 saturated heterocycles. The van der Waals surface area contributed by atoms with Crippen LogP contribution in [0.4, 0.5) is 4.79 Å². The number of hydrogen-bond acceptors (Lipinski definition) is 2. The Morgan fingerprint density at radius 1 is 1.28 bits per heavy atom. The lowest BCUT2D eigenvalue weighted by Gasteiger charge is -2.08. The third-order valence-electron chi connectivity index (χ3n) is 2.86. The van der Waals surface area contributed by atoms with Gasteiger partial charge in [-0.05, 0) is 34.9 Å². The van der Waals surface area contributed by atoms with Crippen LogP contribution in [-0.4, -0.2) is 24.7 Å². The molecule has 0 aliphatic heterocycles. The molecule has 0 heterocycles. The maximum absolute atomic E-state index is 11.1. The van der Waals surface area contributed by atoms with Gasteiger partial charge in [-0.2, -0.15) is 0 Å². The first-order valence-electron chi connectivity index (χ1n) is 5.87. The summed E-state index contributed by atoms with van der Waals surface area (Å²) < 4.78 is 0. The highest BCUT2D eigenvalue weighted by molar-refractivity contribution is 5.87. The molecular weight excluding hydrogens is 228 g/mol. The van der Waals surface area contributed by atoms with E-state index in [0.29, 0.717) is 6.54 Å². The second kappa shape index (κ2) is 5.40. The van der Waals surface area contributed by atoms with Crippen molar-refractivity contribution in [2.45, 2.75) is 6.42 Å². The lowest BCUT2D eigenvalue weighted by atomic mass is 10.0. The highest BCUT2D eigenvalue weighted by atomic mass is 16.3. The summed E-state index contributed by atoms with van der Waals surface area (Å²) in [5.41, 5.74) is 1.11. The van der Waals surface area contributed by atoms with E-state index in [2.05, 4.69) is 10.6 Å². The maximum Gasteiger partial charge on any atom is 0.314 e. The Kier molecular flexibility index (Phi) is 3.67. The number of nitrogens with one attached hydrogen (secondary N) is 2. The molecule has 0 unspecified atom stereocenters. The van der Waals surface area contributed by atoms with Crippen molar-refractivity contribution in [1.29, 1.82) is 0 Å². The smallest absolute Gasteiger partial charge is 0.314 e. The van der Waals surface area contributed by atoms with Gasteiger partial charge in [0.25, 0.3) is 0 Å². The van der Waals surface area contributed by atoms with Crippen molar-refractivity contribution in [2.24, 2.45) is 0 Å². The highest BCUT2D eigenvalue weighted by Crippen LogP contribution is 2.23. The lowest BCUT2D eigenvalue weighted by molar-refractivity contribution is 0.243. The first-order chi connectivity index (χ1) is 8.70. The second-order valence-corrected chi connectivity index (χ2v) is 4.08. The van der Waals surface area contributed by atoms with E-state index in [4.69, 9.17) is 0 Å². The monoisotopic (exact) mass is 244 g/mol. The molecule has 2 rings (SSSR count). The van der Waals surface area contributed by atoms with Crippen molar-refractivity contribution in [1.82, 2.24) is 10.6 Å². The zero-order valence-electron chi connectivity index (χ0n) is 10.2. The Balaban J connectivity index is 2.17. The molecule has 4 nitrogen and oxygen atoms in total. The Hall–Kier alpha value is -2.23. The van der Waals surface area contributed by atoms with Crippen LogP contribution in [0.15, 0.2) is 36.4 Å². The molecule has 0 aliphatic carbocycles. The minimum Gasteiger partial charge on any atom is -0.508 e. The molecule has 2 amide bonds. The fourth-order valence-electron chi connectivity index (χ4n) is 1.94. The van der Waals surface area contributed by atoms with Gasteiger partial charge in [0.2, 0.25) is 0 Å². The molecule has 2 aromatic carbocycles. The topological polar surface area (TPSA) is 61.4 Å². The molecule has 4 heteroatoms. The van der Waals surface area contributed by atoms with Crippen molar-refractivity contribution >= 4 is 16.8 Å². The normalized spacial score (nSPS) is 10.3. The Labute approximate surface area is 106 Å². The van der Waals surface area contributed by atoms with Gasteiger partial charge in [0.15, 0.2) is 0 Å². The molecule has 3 N–H and O–H groups in total. The number of carbonyl (C=O) groups is 1. The summed E-state index contributed by atoms with van der Waals surface area (Å²) in [6, 6.07) is 11.1. The van der Waals surface area contributed by atoms with Crippen molar-refractivity contribution < 1.29 is 9.90 Å². The first-order valence-corrected chi connectivity index (χ1v) is 5.87. The Morgan fingerprint density at radius 2 is 2.11 bits per heavy atom. The minimum atomic E-state index is -0.182. The summed E-state index contributed by atoms with van der Waals surface area (Å²) in [4.78, 5) is 11.1. The molecule has 0 aromatic heterocycles. The van der Waals surface area contributed by atoms with Crippen molar-refractivity contribution in [2.75, 3.05) is 13.6 Å². The van der Waals surface area contributed by atoms with Gasteiger partial charge in [0.1, 0.15) is 5.75 Å². The van der Waals surface area contributed by atoms with E-state index in [1.54, 1.807) is 19.2 Å².